The van der Waals surface area contributed by atoms with E-state index in [4.69, 9.17) is 33.2 Å². The van der Waals surface area contributed by atoms with Crippen molar-refractivity contribution in [3.63, 3.8) is 0 Å². The molecule has 10 atom stereocenters. The number of hydrogen-bond donors (Lipinski definition) is 0. The van der Waals surface area contributed by atoms with Gasteiger partial charge in [0.05, 0.1) is 44.2 Å². The van der Waals surface area contributed by atoms with E-state index >= 15 is 0 Å². The van der Waals surface area contributed by atoms with Crippen LogP contribution < -0.4 is 0 Å². The van der Waals surface area contributed by atoms with Crippen molar-refractivity contribution >= 4 is 5.97 Å². The van der Waals surface area contributed by atoms with Crippen molar-refractivity contribution in [2.45, 2.75) is 110 Å². The highest BCUT2D eigenvalue weighted by molar-refractivity contribution is 5.66. The van der Waals surface area contributed by atoms with Crippen molar-refractivity contribution in [2.75, 3.05) is 0 Å². The molecule has 0 aliphatic carbocycles. The largest absolute Gasteiger partial charge is 0.457 e. The second kappa shape index (κ2) is 15.9. The highest BCUT2D eigenvalue weighted by Crippen LogP contribution is 2.36. The Bertz CT molecular complexity index is 1310. The second-order valence-corrected chi connectivity index (χ2v) is 12.1. The van der Waals surface area contributed by atoms with Crippen LogP contribution >= 0.6 is 0 Å². The highest BCUT2D eigenvalue weighted by atomic mass is 16.7. The molecule has 3 aromatic carbocycles. The molecule has 0 aromatic heterocycles. The Morgan fingerprint density at radius 2 is 0.956 bits per heavy atom. The molecular formula is C37H46O8. The molecule has 242 valence electrons. The molecule has 5 unspecified atom stereocenters. The Morgan fingerprint density at radius 1 is 0.556 bits per heavy atom. The Hall–Kier alpha value is -3.11. The molecule has 2 aliphatic rings. The maximum atomic E-state index is 12.2. The number of hydrogen-bond acceptors (Lipinski definition) is 8. The summed E-state index contributed by atoms with van der Waals surface area (Å²) in [7, 11) is 0. The van der Waals surface area contributed by atoms with Gasteiger partial charge in [-0.25, -0.2) is 0 Å². The molecule has 8 heteroatoms. The molecule has 0 radical (unpaired) electrons. The summed E-state index contributed by atoms with van der Waals surface area (Å²) in [5.41, 5.74) is 3.17. The van der Waals surface area contributed by atoms with Gasteiger partial charge in [0.1, 0.15) is 18.3 Å². The summed E-state index contributed by atoms with van der Waals surface area (Å²) in [5, 5.41) is 0. The number of carbonyl (C=O) groups is 1. The van der Waals surface area contributed by atoms with Crippen LogP contribution in [-0.4, -0.2) is 61.1 Å². The summed E-state index contributed by atoms with van der Waals surface area (Å²) in [5.74, 6) is -0.642. The lowest BCUT2D eigenvalue weighted by Gasteiger charge is -2.49. The lowest BCUT2D eigenvalue weighted by molar-refractivity contribution is -0.335. The van der Waals surface area contributed by atoms with Gasteiger partial charge in [-0.05, 0) is 37.5 Å². The molecule has 5 rings (SSSR count). The van der Waals surface area contributed by atoms with Crippen LogP contribution in [0.2, 0.25) is 0 Å². The van der Waals surface area contributed by atoms with Gasteiger partial charge in [-0.1, -0.05) is 97.9 Å². The highest BCUT2D eigenvalue weighted by Gasteiger charge is 2.51. The molecule has 8 nitrogen and oxygen atoms in total. The van der Waals surface area contributed by atoms with E-state index in [1.807, 2.05) is 112 Å². The van der Waals surface area contributed by atoms with Crippen molar-refractivity contribution in [1.82, 2.24) is 0 Å². The average molecular weight is 619 g/mol. The number of esters is 1. The fourth-order valence-electron chi connectivity index (χ4n) is 6.18. The van der Waals surface area contributed by atoms with Crippen molar-refractivity contribution in [2.24, 2.45) is 5.92 Å². The molecule has 0 bridgehead atoms. The molecule has 2 saturated heterocycles. The molecule has 2 fully saturated rings. The van der Waals surface area contributed by atoms with Crippen LogP contribution in [0.4, 0.5) is 0 Å². The molecule has 2 aliphatic heterocycles. The van der Waals surface area contributed by atoms with Gasteiger partial charge in [0.2, 0.25) is 0 Å². The minimum Gasteiger partial charge on any atom is -0.457 e. The third-order valence-electron chi connectivity index (χ3n) is 8.53. The quantitative estimate of drug-likeness (QED) is 0.221. The first-order valence-corrected chi connectivity index (χ1v) is 15.9. The topological polar surface area (TPSA) is 81.7 Å². The summed E-state index contributed by atoms with van der Waals surface area (Å²) in [6.07, 6.45) is -4.29. The molecule has 0 saturated carbocycles. The zero-order valence-corrected chi connectivity index (χ0v) is 26.8. The van der Waals surface area contributed by atoms with E-state index in [1.54, 1.807) is 0 Å². The van der Waals surface area contributed by atoms with Crippen LogP contribution in [0, 0.1) is 5.92 Å². The van der Waals surface area contributed by atoms with E-state index in [2.05, 4.69) is 6.92 Å². The van der Waals surface area contributed by atoms with Crippen LogP contribution in [0.15, 0.2) is 91.0 Å². The van der Waals surface area contributed by atoms with Crippen LogP contribution in [0.5, 0.6) is 0 Å². The zero-order chi connectivity index (χ0) is 31.8. The first kappa shape index (κ1) is 33.3. The minimum atomic E-state index is -0.693. The van der Waals surface area contributed by atoms with Gasteiger partial charge in [0.15, 0.2) is 12.4 Å². The van der Waals surface area contributed by atoms with E-state index in [0.29, 0.717) is 19.8 Å². The maximum absolute atomic E-state index is 12.2. The number of rotatable bonds is 12. The molecule has 45 heavy (non-hydrogen) atoms. The molecule has 2 heterocycles. The normalized spacial score (nSPS) is 31.8. The van der Waals surface area contributed by atoms with Crippen molar-refractivity contribution < 1.29 is 38.0 Å². The third kappa shape index (κ3) is 8.79. The standard InChI is InChI=1S/C37H46O8/c1-24-32(39-21-29-15-9-6-10-16-29)33(40-22-30-17-11-7-12-18-30)26(3)43-37(24)45-36-34(41-23-31-19-13-8-14-20-31)25(2)42-27(4)35(36)44-28(5)38/h6-20,24-27,32-37H,21-23H2,1-5H3/t24?,25?,26?,27?,32-,33-,34-,35?,36-,37-/m0/s1. The molecule has 0 amide bonds. The second-order valence-electron chi connectivity index (χ2n) is 12.1. The molecule has 0 spiro atoms. The Kier molecular flexibility index (Phi) is 11.8. The summed E-state index contributed by atoms with van der Waals surface area (Å²) >= 11 is 0. The van der Waals surface area contributed by atoms with E-state index in [0.717, 1.165) is 16.7 Å². The van der Waals surface area contributed by atoms with Crippen LogP contribution in [0.25, 0.3) is 0 Å². The third-order valence-corrected chi connectivity index (χ3v) is 8.53. The SMILES string of the molecule is CC(=O)OC1C(C)OC(C)[C@H](OCc2ccccc2)[C@@H]1O[C@@H]1OC(C)[C@H](OCc2ccccc2)[C@@H](OCc2ccccc2)C1C. The summed E-state index contributed by atoms with van der Waals surface area (Å²) in [6.45, 7) is 10.5. The number of carbonyl (C=O) groups excluding carboxylic acids is 1. The molecular weight excluding hydrogens is 572 g/mol. The summed E-state index contributed by atoms with van der Waals surface area (Å²) in [6, 6.07) is 30.1. The van der Waals surface area contributed by atoms with Crippen LogP contribution in [0.3, 0.4) is 0 Å². The van der Waals surface area contributed by atoms with Crippen molar-refractivity contribution in [3.8, 4) is 0 Å². The van der Waals surface area contributed by atoms with Gasteiger partial charge in [0, 0.05) is 12.8 Å². The van der Waals surface area contributed by atoms with E-state index < -0.39 is 36.7 Å². The molecule has 3 aromatic rings. The summed E-state index contributed by atoms with van der Waals surface area (Å²) in [4.78, 5) is 12.2. The monoisotopic (exact) mass is 618 g/mol. The Morgan fingerprint density at radius 3 is 1.42 bits per heavy atom. The van der Waals surface area contributed by atoms with Gasteiger partial charge >= 0.3 is 5.97 Å². The van der Waals surface area contributed by atoms with Gasteiger partial charge in [-0.3, -0.25) is 4.79 Å². The van der Waals surface area contributed by atoms with E-state index in [1.165, 1.54) is 6.92 Å². The van der Waals surface area contributed by atoms with Gasteiger partial charge in [0.25, 0.3) is 0 Å². The van der Waals surface area contributed by atoms with Gasteiger partial charge in [-0.2, -0.15) is 0 Å². The van der Waals surface area contributed by atoms with Crippen molar-refractivity contribution in [1.29, 1.82) is 0 Å². The number of benzene rings is 3. The predicted molar refractivity (Wildman–Crippen MR) is 169 cm³/mol. The van der Waals surface area contributed by atoms with E-state index in [9.17, 15) is 4.79 Å². The van der Waals surface area contributed by atoms with Gasteiger partial charge in [-0.15, -0.1) is 0 Å². The minimum absolute atomic E-state index is 0.230. The van der Waals surface area contributed by atoms with Gasteiger partial charge < -0.3 is 33.2 Å². The fraction of sp³-hybridized carbons (Fsp3) is 0.486. The number of ether oxygens (including phenoxy) is 7. The lowest BCUT2D eigenvalue weighted by Crippen LogP contribution is -2.62. The predicted octanol–water partition coefficient (Wildman–Crippen LogP) is 6.25. The smallest absolute Gasteiger partial charge is 0.303 e. The average Bonchev–Trinajstić information content (AvgIpc) is 3.04. The van der Waals surface area contributed by atoms with Crippen LogP contribution in [0.1, 0.15) is 51.3 Å². The van der Waals surface area contributed by atoms with Crippen LogP contribution in [-0.2, 0) is 57.8 Å². The maximum Gasteiger partial charge on any atom is 0.303 e. The van der Waals surface area contributed by atoms with Crippen molar-refractivity contribution in [3.05, 3.63) is 108 Å². The molecule has 0 N–H and O–H groups in total. The first-order chi connectivity index (χ1) is 21.8. The van der Waals surface area contributed by atoms with E-state index in [-0.39, 0.29) is 30.3 Å². The Balaban J connectivity index is 1.38. The zero-order valence-electron chi connectivity index (χ0n) is 26.8. The lowest BCUT2D eigenvalue weighted by atomic mass is 9.91. The fourth-order valence-corrected chi connectivity index (χ4v) is 6.18. The summed E-state index contributed by atoms with van der Waals surface area (Å²) < 4.78 is 44.9. The Labute approximate surface area is 266 Å². The first-order valence-electron chi connectivity index (χ1n) is 15.9.